The quantitative estimate of drug-likeness (QED) is 0.688. The maximum Gasteiger partial charge on any atom is 0.243 e. The molecule has 156 valence electrons. The normalized spacial score (nSPS) is 15.3. The lowest BCUT2D eigenvalue weighted by Gasteiger charge is -2.26. The lowest BCUT2D eigenvalue weighted by atomic mass is 10.1. The molecule has 8 nitrogen and oxygen atoms in total. The van der Waals surface area contributed by atoms with E-state index in [2.05, 4.69) is 4.98 Å². The van der Waals surface area contributed by atoms with Crippen LogP contribution >= 0.6 is 0 Å². The third-order valence-electron chi connectivity index (χ3n) is 4.87. The first-order valence-electron chi connectivity index (χ1n) is 9.26. The SMILES string of the molecule is CC(=O)c1c(C)[nH]c(C(=O)COc2ccc(S(=O)(=O)N3CCOCC3)cc2)c1C. The van der Waals surface area contributed by atoms with Gasteiger partial charge in [0.2, 0.25) is 15.8 Å². The third kappa shape index (κ3) is 4.42. The number of hydrogen-bond acceptors (Lipinski definition) is 6. The zero-order valence-electron chi connectivity index (χ0n) is 16.6. The third-order valence-corrected chi connectivity index (χ3v) is 6.78. The Morgan fingerprint density at radius 2 is 1.76 bits per heavy atom. The zero-order valence-corrected chi connectivity index (χ0v) is 17.5. The molecule has 1 aromatic carbocycles. The number of sulfonamides is 1. The van der Waals surface area contributed by atoms with E-state index in [1.807, 2.05) is 0 Å². The van der Waals surface area contributed by atoms with E-state index in [1.54, 1.807) is 13.8 Å². The van der Waals surface area contributed by atoms with Gasteiger partial charge in [-0.15, -0.1) is 0 Å². The summed E-state index contributed by atoms with van der Waals surface area (Å²) in [6, 6.07) is 5.97. The number of ketones is 2. The highest BCUT2D eigenvalue weighted by molar-refractivity contribution is 7.89. The maximum absolute atomic E-state index is 12.6. The van der Waals surface area contributed by atoms with Crippen molar-refractivity contribution in [1.82, 2.24) is 9.29 Å². The number of carbonyl (C=O) groups excluding carboxylic acids is 2. The van der Waals surface area contributed by atoms with Gasteiger partial charge < -0.3 is 14.5 Å². The molecule has 9 heteroatoms. The van der Waals surface area contributed by atoms with E-state index in [1.165, 1.54) is 35.5 Å². The van der Waals surface area contributed by atoms with Gasteiger partial charge in [-0.25, -0.2) is 8.42 Å². The predicted molar refractivity (Wildman–Crippen MR) is 106 cm³/mol. The van der Waals surface area contributed by atoms with E-state index in [4.69, 9.17) is 9.47 Å². The van der Waals surface area contributed by atoms with E-state index in [0.717, 1.165) is 0 Å². The summed E-state index contributed by atoms with van der Waals surface area (Å²) in [6.45, 7) is 6.11. The molecule has 0 radical (unpaired) electrons. The van der Waals surface area contributed by atoms with E-state index < -0.39 is 10.0 Å². The Morgan fingerprint density at radius 3 is 2.31 bits per heavy atom. The molecule has 0 bridgehead atoms. The second-order valence-electron chi connectivity index (χ2n) is 6.88. The number of Topliss-reactive ketones (excluding diaryl/α,β-unsaturated/α-hetero) is 2. The molecule has 1 fully saturated rings. The van der Waals surface area contributed by atoms with Crippen LogP contribution < -0.4 is 4.74 Å². The summed E-state index contributed by atoms with van der Waals surface area (Å²) in [5, 5.41) is 0. The minimum Gasteiger partial charge on any atom is -0.485 e. The van der Waals surface area contributed by atoms with Crippen molar-refractivity contribution in [3.63, 3.8) is 0 Å². The van der Waals surface area contributed by atoms with Crippen LogP contribution in [-0.4, -0.2) is 62.2 Å². The number of carbonyl (C=O) groups is 2. The Morgan fingerprint density at radius 1 is 1.14 bits per heavy atom. The van der Waals surface area contributed by atoms with E-state index >= 15 is 0 Å². The van der Waals surface area contributed by atoms with Gasteiger partial charge in [0, 0.05) is 24.3 Å². The summed E-state index contributed by atoms with van der Waals surface area (Å²) >= 11 is 0. The van der Waals surface area contributed by atoms with Crippen molar-refractivity contribution in [2.24, 2.45) is 0 Å². The van der Waals surface area contributed by atoms with Crippen molar-refractivity contribution in [1.29, 1.82) is 0 Å². The molecule has 1 saturated heterocycles. The molecule has 0 spiro atoms. The number of aromatic amines is 1. The van der Waals surface area contributed by atoms with Crippen molar-refractivity contribution in [2.75, 3.05) is 32.9 Å². The average Bonchev–Trinajstić information content (AvgIpc) is 3.01. The number of H-pyrrole nitrogens is 1. The molecule has 2 heterocycles. The van der Waals surface area contributed by atoms with Gasteiger partial charge in [0.25, 0.3) is 0 Å². The molecule has 0 aliphatic carbocycles. The van der Waals surface area contributed by atoms with Gasteiger partial charge in [-0.2, -0.15) is 4.31 Å². The largest absolute Gasteiger partial charge is 0.485 e. The van der Waals surface area contributed by atoms with Crippen LogP contribution in [0, 0.1) is 13.8 Å². The van der Waals surface area contributed by atoms with Gasteiger partial charge in [0.05, 0.1) is 23.8 Å². The molecular weight excluding hydrogens is 396 g/mol. The smallest absolute Gasteiger partial charge is 0.243 e. The fourth-order valence-electron chi connectivity index (χ4n) is 3.42. The van der Waals surface area contributed by atoms with Crippen molar-refractivity contribution >= 4 is 21.6 Å². The van der Waals surface area contributed by atoms with Crippen LogP contribution in [0.15, 0.2) is 29.2 Å². The highest BCUT2D eigenvalue weighted by Crippen LogP contribution is 2.22. The van der Waals surface area contributed by atoms with Crippen LogP contribution in [0.5, 0.6) is 5.75 Å². The lowest BCUT2D eigenvalue weighted by Crippen LogP contribution is -2.40. The number of rotatable bonds is 7. The minimum atomic E-state index is -3.57. The maximum atomic E-state index is 12.6. The van der Waals surface area contributed by atoms with Crippen molar-refractivity contribution in [3.05, 3.63) is 46.8 Å². The topological polar surface area (TPSA) is 106 Å². The standard InChI is InChI=1S/C20H24N2O6S/c1-13-19(15(3)23)14(2)21-20(13)18(24)12-28-16-4-6-17(7-5-16)29(25,26)22-8-10-27-11-9-22/h4-7,21H,8-12H2,1-3H3. The molecule has 1 aromatic heterocycles. The Balaban J connectivity index is 1.67. The molecule has 2 aromatic rings. The van der Waals surface area contributed by atoms with E-state index in [9.17, 15) is 18.0 Å². The number of hydrogen-bond donors (Lipinski definition) is 1. The van der Waals surface area contributed by atoms with Crippen LogP contribution in [-0.2, 0) is 14.8 Å². The average molecular weight is 420 g/mol. The monoisotopic (exact) mass is 420 g/mol. The van der Waals surface area contributed by atoms with Crippen molar-refractivity contribution < 1.29 is 27.5 Å². The fraction of sp³-hybridized carbons (Fsp3) is 0.400. The molecule has 29 heavy (non-hydrogen) atoms. The van der Waals surface area contributed by atoms with Gasteiger partial charge in [-0.05, 0) is 50.6 Å². The first-order valence-corrected chi connectivity index (χ1v) is 10.7. The number of ether oxygens (including phenoxy) is 2. The molecular formula is C20H24N2O6S. The first kappa shape index (κ1) is 21.2. The second kappa shape index (κ2) is 8.48. The Labute approximate surface area is 169 Å². The van der Waals surface area contributed by atoms with Crippen LogP contribution in [0.3, 0.4) is 0 Å². The zero-order chi connectivity index (χ0) is 21.2. The van der Waals surface area contributed by atoms with Crippen LogP contribution in [0.1, 0.15) is 39.0 Å². The minimum absolute atomic E-state index is 0.103. The molecule has 0 amide bonds. The number of morpholine rings is 1. The van der Waals surface area contributed by atoms with Crippen molar-refractivity contribution in [2.45, 2.75) is 25.7 Å². The number of aromatic nitrogens is 1. The highest BCUT2D eigenvalue weighted by Gasteiger charge is 2.26. The summed E-state index contributed by atoms with van der Waals surface area (Å²) in [7, 11) is -3.57. The fourth-order valence-corrected chi connectivity index (χ4v) is 4.83. The molecule has 1 aliphatic heterocycles. The summed E-state index contributed by atoms with van der Waals surface area (Å²) in [5.74, 6) is -0.0107. The van der Waals surface area contributed by atoms with Gasteiger partial charge >= 0.3 is 0 Å². The number of aryl methyl sites for hydroxylation is 1. The molecule has 1 N–H and O–H groups in total. The molecule has 1 aliphatic rings. The van der Waals surface area contributed by atoms with E-state index in [-0.39, 0.29) is 23.1 Å². The summed E-state index contributed by atoms with van der Waals surface area (Å²) in [6.07, 6.45) is 0. The Kier molecular flexibility index (Phi) is 6.21. The van der Waals surface area contributed by atoms with Crippen LogP contribution in [0.2, 0.25) is 0 Å². The highest BCUT2D eigenvalue weighted by atomic mass is 32.2. The molecule has 3 rings (SSSR count). The summed E-state index contributed by atoms with van der Waals surface area (Å²) < 4.78 is 37.3. The van der Waals surface area contributed by atoms with Crippen LogP contribution in [0.4, 0.5) is 0 Å². The van der Waals surface area contributed by atoms with Crippen molar-refractivity contribution in [3.8, 4) is 5.75 Å². The van der Waals surface area contributed by atoms with Gasteiger partial charge in [0.15, 0.2) is 12.4 Å². The van der Waals surface area contributed by atoms with E-state index in [0.29, 0.717) is 54.6 Å². The predicted octanol–water partition coefficient (Wildman–Crippen LogP) is 2.12. The second-order valence-corrected chi connectivity index (χ2v) is 8.82. The van der Waals surface area contributed by atoms with Crippen LogP contribution in [0.25, 0.3) is 0 Å². The lowest BCUT2D eigenvalue weighted by molar-refractivity contribution is 0.0730. The molecule has 0 unspecified atom stereocenters. The number of benzene rings is 1. The number of nitrogens with one attached hydrogen (secondary N) is 1. The van der Waals surface area contributed by atoms with Gasteiger partial charge in [-0.3, -0.25) is 9.59 Å². The Bertz CT molecular complexity index is 1020. The first-order chi connectivity index (χ1) is 13.7. The molecule has 0 atom stereocenters. The molecule has 0 saturated carbocycles. The Hall–Kier alpha value is -2.49. The number of nitrogens with zero attached hydrogens (tertiary/aromatic N) is 1. The summed E-state index contributed by atoms with van der Waals surface area (Å²) in [5.41, 5.74) is 2.12. The van der Waals surface area contributed by atoms with Gasteiger partial charge in [0.1, 0.15) is 5.75 Å². The van der Waals surface area contributed by atoms with Gasteiger partial charge in [-0.1, -0.05) is 0 Å². The summed E-state index contributed by atoms with van der Waals surface area (Å²) in [4.78, 5) is 27.3.